The number of aliphatic carboxylic acids is 1. The van der Waals surface area contributed by atoms with Gasteiger partial charge in [-0.1, -0.05) is 6.07 Å². The zero-order valence-electron chi connectivity index (χ0n) is 9.95. The molecule has 1 N–H and O–H groups in total. The van der Waals surface area contributed by atoms with Crippen molar-refractivity contribution in [3.05, 3.63) is 28.0 Å². The number of halogens is 2. The molecule has 0 bridgehead atoms. The summed E-state index contributed by atoms with van der Waals surface area (Å²) in [6.45, 7) is 0. The lowest BCUT2D eigenvalue weighted by atomic mass is 9.90. The molecule has 1 aliphatic rings. The van der Waals surface area contributed by atoms with Crippen LogP contribution in [0.4, 0.5) is 4.39 Å². The third kappa shape index (κ3) is 2.66. The summed E-state index contributed by atoms with van der Waals surface area (Å²) in [5, 5.41) is 8.97. The lowest BCUT2D eigenvalue weighted by Gasteiger charge is -2.18. The Hall–Kier alpha value is -1.10. The third-order valence-electron chi connectivity index (χ3n) is 3.27. The maximum Gasteiger partial charge on any atom is 0.303 e. The van der Waals surface area contributed by atoms with Gasteiger partial charge >= 0.3 is 5.97 Å². The van der Waals surface area contributed by atoms with Crippen LogP contribution in [0.15, 0.2) is 16.6 Å². The molecule has 1 aromatic rings. The van der Waals surface area contributed by atoms with Gasteiger partial charge in [0.25, 0.3) is 0 Å². The van der Waals surface area contributed by atoms with E-state index in [9.17, 15) is 9.18 Å². The molecule has 0 heterocycles. The molecule has 18 heavy (non-hydrogen) atoms. The molecule has 98 valence electrons. The number of hydrogen-bond donors (Lipinski definition) is 1. The number of ether oxygens (including phenoxy) is 1. The Kier molecular flexibility index (Phi) is 3.90. The number of carbonyl (C=O) groups is 1. The highest BCUT2D eigenvalue weighted by atomic mass is 79.9. The van der Waals surface area contributed by atoms with E-state index in [-0.39, 0.29) is 18.1 Å². The van der Waals surface area contributed by atoms with Crippen molar-refractivity contribution in [2.24, 2.45) is 5.92 Å². The Morgan fingerprint density at radius 3 is 2.78 bits per heavy atom. The Balaban J connectivity index is 2.40. The van der Waals surface area contributed by atoms with Gasteiger partial charge < -0.3 is 9.84 Å². The average molecular weight is 317 g/mol. The number of methoxy groups -OCH3 is 1. The van der Waals surface area contributed by atoms with Crippen molar-refractivity contribution in [2.45, 2.75) is 25.2 Å². The van der Waals surface area contributed by atoms with E-state index in [1.165, 1.54) is 7.11 Å². The van der Waals surface area contributed by atoms with Crippen molar-refractivity contribution < 1.29 is 19.0 Å². The standard InChI is InChI=1S/C13H14BrFO3/c1-18-13-8(4-5-10(14)12(13)15)9(6-11(16)17)7-2-3-7/h4-5,7,9H,2-3,6H2,1H3,(H,16,17). The van der Waals surface area contributed by atoms with Gasteiger partial charge in [-0.2, -0.15) is 0 Å². The van der Waals surface area contributed by atoms with Crippen molar-refractivity contribution in [3.63, 3.8) is 0 Å². The van der Waals surface area contributed by atoms with Crippen LogP contribution >= 0.6 is 15.9 Å². The predicted molar refractivity (Wildman–Crippen MR) is 68.4 cm³/mol. The van der Waals surface area contributed by atoms with Crippen molar-refractivity contribution in [1.82, 2.24) is 0 Å². The second kappa shape index (κ2) is 5.26. The molecule has 5 heteroatoms. The first-order valence-corrected chi connectivity index (χ1v) is 6.57. The molecule has 1 atom stereocenters. The first-order valence-electron chi connectivity index (χ1n) is 5.78. The van der Waals surface area contributed by atoms with E-state index in [0.29, 0.717) is 16.0 Å². The molecule has 1 saturated carbocycles. The summed E-state index contributed by atoms with van der Waals surface area (Å²) >= 11 is 3.10. The van der Waals surface area contributed by atoms with Gasteiger partial charge in [0.15, 0.2) is 11.6 Å². The highest BCUT2D eigenvalue weighted by Crippen LogP contribution is 2.48. The minimum atomic E-state index is -0.864. The van der Waals surface area contributed by atoms with Gasteiger partial charge in [0.1, 0.15) is 0 Å². The normalized spacial score (nSPS) is 16.4. The smallest absolute Gasteiger partial charge is 0.303 e. The Labute approximate surface area is 113 Å². The van der Waals surface area contributed by atoms with E-state index < -0.39 is 11.8 Å². The van der Waals surface area contributed by atoms with Crippen LogP contribution in [0.25, 0.3) is 0 Å². The highest BCUT2D eigenvalue weighted by molar-refractivity contribution is 9.10. The monoisotopic (exact) mass is 316 g/mol. The summed E-state index contributed by atoms with van der Waals surface area (Å²) in [6, 6.07) is 3.35. The summed E-state index contributed by atoms with van der Waals surface area (Å²) in [5.41, 5.74) is 0.656. The first-order chi connectivity index (χ1) is 8.54. The molecule has 0 aliphatic heterocycles. The molecule has 1 fully saturated rings. The van der Waals surface area contributed by atoms with Crippen LogP contribution in [-0.4, -0.2) is 18.2 Å². The van der Waals surface area contributed by atoms with Gasteiger partial charge in [0.2, 0.25) is 0 Å². The fourth-order valence-electron chi connectivity index (χ4n) is 2.26. The Morgan fingerprint density at radius 2 is 2.28 bits per heavy atom. The zero-order valence-corrected chi connectivity index (χ0v) is 11.5. The SMILES string of the molecule is COc1c(C(CC(=O)O)C2CC2)ccc(Br)c1F. The average Bonchev–Trinajstić information content (AvgIpc) is 3.13. The summed E-state index contributed by atoms with van der Waals surface area (Å²) in [4.78, 5) is 10.9. The second-order valence-electron chi connectivity index (χ2n) is 4.53. The molecular weight excluding hydrogens is 303 g/mol. The van der Waals surface area contributed by atoms with E-state index in [2.05, 4.69) is 15.9 Å². The van der Waals surface area contributed by atoms with Gasteiger partial charge in [-0.3, -0.25) is 4.79 Å². The lowest BCUT2D eigenvalue weighted by Crippen LogP contribution is -2.10. The third-order valence-corrected chi connectivity index (χ3v) is 3.88. The molecule has 1 aliphatic carbocycles. The van der Waals surface area contributed by atoms with Crippen LogP contribution in [0.3, 0.4) is 0 Å². The molecule has 0 radical (unpaired) electrons. The first kappa shape index (κ1) is 13.3. The van der Waals surface area contributed by atoms with Crippen molar-refractivity contribution in [3.8, 4) is 5.75 Å². The summed E-state index contributed by atoms with van der Waals surface area (Å²) < 4.78 is 19.4. The minimum absolute atomic E-state index is 0.0160. The van der Waals surface area contributed by atoms with E-state index >= 15 is 0 Å². The molecular formula is C13H14BrFO3. The topological polar surface area (TPSA) is 46.5 Å². The summed E-state index contributed by atoms with van der Waals surface area (Å²) in [7, 11) is 1.40. The van der Waals surface area contributed by atoms with Crippen LogP contribution in [0.5, 0.6) is 5.75 Å². The Bertz CT molecular complexity index is 472. The zero-order chi connectivity index (χ0) is 13.3. The van der Waals surface area contributed by atoms with Crippen LogP contribution in [-0.2, 0) is 4.79 Å². The van der Waals surface area contributed by atoms with Gasteiger partial charge in [-0.05, 0) is 40.8 Å². The van der Waals surface area contributed by atoms with Crippen molar-refractivity contribution in [2.75, 3.05) is 7.11 Å². The van der Waals surface area contributed by atoms with Gasteiger partial charge in [0, 0.05) is 11.5 Å². The maximum atomic E-state index is 13.9. The molecule has 0 saturated heterocycles. The second-order valence-corrected chi connectivity index (χ2v) is 5.38. The maximum absolute atomic E-state index is 13.9. The molecule has 2 rings (SSSR count). The predicted octanol–water partition coefficient (Wildman–Crippen LogP) is 3.57. The van der Waals surface area contributed by atoms with Gasteiger partial charge in [0.05, 0.1) is 18.0 Å². The van der Waals surface area contributed by atoms with Crippen molar-refractivity contribution >= 4 is 21.9 Å². The largest absolute Gasteiger partial charge is 0.493 e. The highest BCUT2D eigenvalue weighted by Gasteiger charge is 2.36. The van der Waals surface area contributed by atoms with E-state index in [1.54, 1.807) is 12.1 Å². The summed E-state index contributed by atoms with van der Waals surface area (Å²) in [5.74, 6) is -1.01. The van der Waals surface area contributed by atoms with Gasteiger partial charge in [-0.25, -0.2) is 4.39 Å². The molecule has 0 spiro atoms. The molecule has 1 aromatic carbocycles. The fraction of sp³-hybridized carbons (Fsp3) is 0.462. The quantitative estimate of drug-likeness (QED) is 0.903. The number of carboxylic acid groups (broad SMARTS) is 1. The molecule has 0 aromatic heterocycles. The number of hydrogen-bond acceptors (Lipinski definition) is 2. The van der Waals surface area contributed by atoms with E-state index in [1.807, 2.05) is 0 Å². The molecule has 0 amide bonds. The van der Waals surface area contributed by atoms with Crippen LogP contribution in [0, 0.1) is 11.7 Å². The van der Waals surface area contributed by atoms with E-state index in [4.69, 9.17) is 9.84 Å². The molecule has 3 nitrogen and oxygen atoms in total. The number of carboxylic acids is 1. The summed E-state index contributed by atoms with van der Waals surface area (Å²) in [6.07, 6.45) is 2.01. The minimum Gasteiger partial charge on any atom is -0.493 e. The Morgan fingerprint density at radius 1 is 1.61 bits per heavy atom. The van der Waals surface area contributed by atoms with Crippen LogP contribution < -0.4 is 4.74 Å². The van der Waals surface area contributed by atoms with Crippen LogP contribution in [0.2, 0.25) is 0 Å². The molecule has 1 unspecified atom stereocenters. The lowest BCUT2D eigenvalue weighted by molar-refractivity contribution is -0.137. The number of rotatable bonds is 5. The van der Waals surface area contributed by atoms with Gasteiger partial charge in [-0.15, -0.1) is 0 Å². The van der Waals surface area contributed by atoms with Crippen LogP contribution in [0.1, 0.15) is 30.7 Å². The van der Waals surface area contributed by atoms with E-state index in [0.717, 1.165) is 12.8 Å². The van der Waals surface area contributed by atoms with Crippen molar-refractivity contribution in [1.29, 1.82) is 0 Å². The number of benzene rings is 1. The fourth-order valence-corrected chi connectivity index (χ4v) is 2.58.